The molecule has 0 aliphatic heterocycles. The Morgan fingerprint density at radius 2 is 2.22 bits per heavy atom. The number of hydrogen-bond donors (Lipinski definition) is 0. The number of oxazole rings is 1. The smallest absolute Gasteiger partial charge is 0.346 e. The average Bonchev–Trinajstić information content (AvgIpc) is 2.91. The number of halogens is 1. The predicted molar refractivity (Wildman–Crippen MR) is 74.8 cm³/mol. The first-order valence-corrected chi connectivity index (χ1v) is 6.52. The van der Waals surface area contributed by atoms with Crippen LogP contribution in [0.2, 0.25) is 0 Å². The highest BCUT2D eigenvalue weighted by Crippen LogP contribution is 2.31. The van der Waals surface area contributed by atoms with Crippen molar-refractivity contribution in [3.8, 4) is 5.75 Å². The van der Waals surface area contributed by atoms with Gasteiger partial charge in [-0.3, -0.25) is 10.1 Å². The maximum Gasteiger partial charge on any atom is 0.346 e. The highest BCUT2D eigenvalue weighted by molar-refractivity contribution is 5.90. The van der Waals surface area contributed by atoms with E-state index in [0.717, 1.165) is 19.2 Å². The molecule has 1 aromatic carbocycles. The topological polar surface area (TPSA) is 105 Å². The third-order valence-electron chi connectivity index (χ3n) is 2.91. The molecule has 0 aliphatic carbocycles. The third-order valence-corrected chi connectivity index (χ3v) is 2.91. The highest BCUT2D eigenvalue weighted by Gasteiger charge is 2.25. The van der Waals surface area contributed by atoms with E-state index in [2.05, 4.69) is 9.72 Å². The Morgan fingerprint density at radius 3 is 2.78 bits per heavy atom. The van der Waals surface area contributed by atoms with Gasteiger partial charge >= 0.3 is 11.7 Å². The molecule has 122 valence electrons. The maximum absolute atomic E-state index is 13.9. The van der Waals surface area contributed by atoms with E-state index in [-0.39, 0.29) is 17.9 Å². The monoisotopic (exact) mass is 324 g/mol. The average molecular weight is 324 g/mol. The fourth-order valence-electron chi connectivity index (χ4n) is 1.89. The largest absolute Gasteiger partial charge is 0.486 e. The second-order valence-corrected chi connectivity index (χ2v) is 4.51. The number of nitrogens with zero attached hydrogens (tertiary/aromatic N) is 2. The molecule has 23 heavy (non-hydrogen) atoms. The van der Waals surface area contributed by atoms with Crippen molar-refractivity contribution in [3.63, 3.8) is 0 Å². The Morgan fingerprint density at radius 1 is 1.48 bits per heavy atom. The highest BCUT2D eigenvalue weighted by atomic mass is 19.1. The summed E-state index contributed by atoms with van der Waals surface area (Å²) in [6.45, 7) is 1.67. The molecule has 0 aliphatic rings. The van der Waals surface area contributed by atoms with Crippen LogP contribution >= 0.6 is 0 Å². The zero-order valence-electron chi connectivity index (χ0n) is 12.4. The maximum atomic E-state index is 13.9. The van der Waals surface area contributed by atoms with Crippen molar-refractivity contribution in [2.75, 3.05) is 13.7 Å². The van der Waals surface area contributed by atoms with E-state index in [1.54, 1.807) is 6.92 Å². The van der Waals surface area contributed by atoms with E-state index in [0.29, 0.717) is 18.0 Å². The molecule has 0 unspecified atom stereocenters. The lowest BCUT2D eigenvalue weighted by Gasteiger charge is -2.08. The predicted octanol–water partition coefficient (Wildman–Crippen LogP) is 2.44. The van der Waals surface area contributed by atoms with Crippen LogP contribution < -0.4 is 4.74 Å². The number of ether oxygens (including phenoxy) is 2. The number of esters is 1. The van der Waals surface area contributed by atoms with Crippen LogP contribution in [0, 0.1) is 22.9 Å². The zero-order valence-corrected chi connectivity index (χ0v) is 12.4. The van der Waals surface area contributed by atoms with Crippen molar-refractivity contribution in [1.82, 2.24) is 4.98 Å². The summed E-state index contributed by atoms with van der Waals surface area (Å²) in [6, 6.07) is 1.80. The summed E-state index contributed by atoms with van der Waals surface area (Å²) in [5.74, 6) is -1.87. The molecule has 9 heteroatoms. The van der Waals surface area contributed by atoms with E-state index in [1.165, 1.54) is 6.26 Å². The molecule has 0 bridgehead atoms. The minimum absolute atomic E-state index is 0.00310. The number of methoxy groups -OCH3 is 1. The summed E-state index contributed by atoms with van der Waals surface area (Å²) in [5, 5.41) is 11.0. The van der Waals surface area contributed by atoms with Crippen molar-refractivity contribution in [1.29, 1.82) is 0 Å². The molecule has 1 aromatic heterocycles. The van der Waals surface area contributed by atoms with Gasteiger partial charge in [0.2, 0.25) is 11.6 Å². The number of aryl methyl sites for hydroxylation is 1. The Bertz CT molecular complexity index is 743. The van der Waals surface area contributed by atoms with Gasteiger partial charge in [-0.1, -0.05) is 0 Å². The molecule has 0 saturated heterocycles. The van der Waals surface area contributed by atoms with Gasteiger partial charge in [-0.05, 0) is 6.07 Å². The summed E-state index contributed by atoms with van der Waals surface area (Å²) < 4.78 is 28.6. The van der Waals surface area contributed by atoms with Gasteiger partial charge < -0.3 is 13.9 Å². The quantitative estimate of drug-likeness (QED) is 0.456. The number of carbonyl (C=O) groups is 1. The first-order chi connectivity index (χ1) is 10.9. The molecule has 8 nitrogen and oxygen atoms in total. The van der Waals surface area contributed by atoms with Gasteiger partial charge in [0.05, 0.1) is 29.9 Å². The van der Waals surface area contributed by atoms with E-state index >= 15 is 0 Å². The molecule has 0 fully saturated rings. The molecule has 0 atom stereocenters. The Hall–Kier alpha value is -2.97. The number of nitro benzene ring substituents is 1. The van der Waals surface area contributed by atoms with Crippen LogP contribution in [0.15, 0.2) is 22.8 Å². The Balaban J connectivity index is 2.21. The fraction of sp³-hybridized carbons (Fsp3) is 0.286. The molecule has 1 heterocycles. The summed E-state index contributed by atoms with van der Waals surface area (Å²) in [7, 11) is 1.12. The molecule has 0 amide bonds. The van der Waals surface area contributed by atoms with Crippen molar-refractivity contribution in [2.45, 2.75) is 13.3 Å². The van der Waals surface area contributed by atoms with Gasteiger partial charge in [0.25, 0.3) is 0 Å². The van der Waals surface area contributed by atoms with Crippen molar-refractivity contribution in [2.24, 2.45) is 0 Å². The van der Waals surface area contributed by atoms with E-state index < -0.39 is 22.4 Å². The van der Waals surface area contributed by atoms with Gasteiger partial charge in [-0.2, -0.15) is 4.39 Å². The van der Waals surface area contributed by atoms with Gasteiger partial charge in [-0.25, -0.2) is 9.78 Å². The van der Waals surface area contributed by atoms with Crippen LogP contribution in [0.3, 0.4) is 0 Å². The van der Waals surface area contributed by atoms with Crippen molar-refractivity contribution in [3.05, 3.63) is 51.5 Å². The fourth-order valence-corrected chi connectivity index (χ4v) is 1.89. The van der Waals surface area contributed by atoms with Crippen LogP contribution in [-0.4, -0.2) is 29.6 Å². The molecule has 0 N–H and O–H groups in total. The van der Waals surface area contributed by atoms with Gasteiger partial charge in [0.1, 0.15) is 6.26 Å². The van der Waals surface area contributed by atoms with E-state index in [1.807, 2.05) is 0 Å². The first kappa shape index (κ1) is 16.4. The standard InChI is InChI=1S/C14H13FN2O6/c1-8-16-10(7-23-8)3-4-22-12-6-9(14(18)21-2)5-11(15)13(12)17(19)20/h5-7H,3-4H2,1-2H3. The minimum Gasteiger partial charge on any atom is -0.486 e. The lowest BCUT2D eigenvalue weighted by molar-refractivity contribution is -0.388. The number of rotatable bonds is 6. The second-order valence-electron chi connectivity index (χ2n) is 4.51. The molecular formula is C14H13FN2O6. The minimum atomic E-state index is -1.18. The Labute approximate surface area is 130 Å². The number of benzene rings is 1. The number of carbonyl (C=O) groups excluding carboxylic acids is 1. The summed E-state index contributed by atoms with van der Waals surface area (Å²) >= 11 is 0. The molecular weight excluding hydrogens is 311 g/mol. The van der Waals surface area contributed by atoms with Crippen LogP contribution in [0.1, 0.15) is 21.9 Å². The number of hydrogen-bond acceptors (Lipinski definition) is 7. The second kappa shape index (κ2) is 6.86. The van der Waals surface area contributed by atoms with Crippen molar-refractivity contribution >= 4 is 11.7 Å². The third kappa shape index (κ3) is 3.82. The van der Waals surface area contributed by atoms with Crippen LogP contribution in [0.5, 0.6) is 5.75 Å². The van der Waals surface area contributed by atoms with Gasteiger partial charge in [-0.15, -0.1) is 0 Å². The summed E-state index contributed by atoms with van der Waals surface area (Å²) in [4.78, 5) is 25.6. The summed E-state index contributed by atoms with van der Waals surface area (Å²) in [6.07, 6.45) is 1.73. The van der Waals surface area contributed by atoms with Gasteiger partial charge in [0.15, 0.2) is 5.89 Å². The molecule has 0 saturated carbocycles. The van der Waals surface area contributed by atoms with Crippen LogP contribution in [0.25, 0.3) is 0 Å². The molecule has 2 aromatic rings. The van der Waals surface area contributed by atoms with E-state index in [4.69, 9.17) is 9.15 Å². The van der Waals surface area contributed by atoms with Gasteiger partial charge in [0, 0.05) is 19.4 Å². The SMILES string of the molecule is COC(=O)c1cc(F)c([N+](=O)[O-])c(OCCc2coc(C)n2)c1. The summed E-state index contributed by atoms with van der Waals surface area (Å²) in [5.41, 5.74) is -0.424. The van der Waals surface area contributed by atoms with Crippen LogP contribution in [0.4, 0.5) is 10.1 Å². The lowest BCUT2D eigenvalue weighted by Crippen LogP contribution is -2.08. The first-order valence-electron chi connectivity index (χ1n) is 6.52. The molecule has 0 radical (unpaired) electrons. The number of aromatic nitrogens is 1. The normalized spacial score (nSPS) is 10.4. The van der Waals surface area contributed by atoms with Crippen molar-refractivity contribution < 1.29 is 28.0 Å². The van der Waals surface area contributed by atoms with E-state index in [9.17, 15) is 19.3 Å². The zero-order chi connectivity index (χ0) is 17.0. The van der Waals surface area contributed by atoms with Crippen LogP contribution in [-0.2, 0) is 11.2 Å². The lowest BCUT2D eigenvalue weighted by atomic mass is 10.2. The Kier molecular flexibility index (Phi) is 4.89. The molecule has 2 rings (SSSR count). The molecule has 0 spiro atoms. The number of nitro groups is 1.